The van der Waals surface area contributed by atoms with E-state index in [0.29, 0.717) is 23.7 Å². The van der Waals surface area contributed by atoms with E-state index in [9.17, 15) is 9.18 Å². The summed E-state index contributed by atoms with van der Waals surface area (Å²) in [6.07, 6.45) is 7.72. The van der Waals surface area contributed by atoms with Crippen molar-refractivity contribution in [3.8, 4) is 5.75 Å². The maximum Gasteiger partial charge on any atom is 0.188 e. The SMILES string of the molecule is O=C(C=CN1CCc2cc(F)c(OCCN3CCCCC3)cc21)c1ccccc1Cl. The minimum Gasteiger partial charge on any atom is -0.489 e. The van der Waals surface area contributed by atoms with Crippen molar-refractivity contribution in [2.75, 3.05) is 37.7 Å². The van der Waals surface area contributed by atoms with Gasteiger partial charge in [-0.2, -0.15) is 0 Å². The highest BCUT2D eigenvalue weighted by Crippen LogP contribution is 2.34. The Morgan fingerprint density at radius 3 is 2.73 bits per heavy atom. The molecule has 0 atom stereocenters. The number of likely N-dealkylation sites (tertiary alicyclic amines) is 1. The lowest BCUT2D eigenvalue weighted by Gasteiger charge is -2.26. The summed E-state index contributed by atoms with van der Waals surface area (Å²) in [6.45, 7) is 4.16. The van der Waals surface area contributed by atoms with Gasteiger partial charge in [-0.15, -0.1) is 0 Å². The van der Waals surface area contributed by atoms with Gasteiger partial charge in [-0.1, -0.05) is 30.2 Å². The molecule has 30 heavy (non-hydrogen) atoms. The van der Waals surface area contributed by atoms with Gasteiger partial charge in [-0.3, -0.25) is 9.69 Å². The molecule has 0 spiro atoms. The third kappa shape index (κ3) is 4.85. The van der Waals surface area contributed by atoms with Crippen LogP contribution in [0.5, 0.6) is 5.75 Å². The number of rotatable bonds is 7. The fraction of sp³-hybridized carbons (Fsp3) is 0.375. The average Bonchev–Trinajstić information content (AvgIpc) is 3.14. The number of fused-ring (bicyclic) bond motifs is 1. The summed E-state index contributed by atoms with van der Waals surface area (Å²) in [7, 11) is 0. The molecule has 2 heterocycles. The molecular weight excluding hydrogens is 403 g/mol. The lowest BCUT2D eigenvalue weighted by atomic mass is 10.1. The van der Waals surface area contributed by atoms with Crippen LogP contribution in [0.2, 0.25) is 5.02 Å². The molecule has 1 saturated heterocycles. The van der Waals surface area contributed by atoms with Gasteiger partial charge >= 0.3 is 0 Å². The van der Waals surface area contributed by atoms with Crippen molar-refractivity contribution in [1.82, 2.24) is 4.90 Å². The van der Waals surface area contributed by atoms with Gasteiger partial charge in [0, 0.05) is 42.7 Å². The largest absolute Gasteiger partial charge is 0.489 e. The Bertz CT molecular complexity index is 941. The van der Waals surface area contributed by atoms with E-state index in [-0.39, 0.29) is 17.3 Å². The zero-order valence-electron chi connectivity index (χ0n) is 16.9. The topological polar surface area (TPSA) is 32.8 Å². The van der Waals surface area contributed by atoms with E-state index in [1.165, 1.54) is 25.3 Å². The first-order valence-electron chi connectivity index (χ1n) is 10.5. The number of benzene rings is 2. The first kappa shape index (κ1) is 20.9. The smallest absolute Gasteiger partial charge is 0.188 e. The van der Waals surface area contributed by atoms with Crippen LogP contribution in [-0.4, -0.2) is 43.5 Å². The van der Waals surface area contributed by atoms with E-state index >= 15 is 0 Å². The monoisotopic (exact) mass is 428 g/mol. The van der Waals surface area contributed by atoms with Crippen LogP contribution in [0.4, 0.5) is 10.1 Å². The lowest BCUT2D eigenvalue weighted by molar-refractivity contribution is 0.104. The van der Waals surface area contributed by atoms with Crippen LogP contribution in [0, 0.1) is 5.82 Å². The molecule has 158 valence electrons. The van der Waals surface area contributed by atoms with Gasteiger partial charge in [0.2, 0.25) is 0 Å². The lowest BCUT2D eigenvalue weighted by Crippen LogP contribution is -2.33. The molecule has 2 aromatic rings. The number of carbonyl (C=O) groups excluding carboxylic acids is 1. The van der Waals surface area contributed by atoms with Crippen LogP contribution < -0.4 is 9.64 Å². The van der Waals surface area contributed by atoms with Crippen LogP contribution >= 0.6 is 11.6 Å². The third-order valence-electron chi connectivity index (χ3n) is 5.72. The minimum atomic E-state index is -0.328. The van der Waals surface area contributed by atoms with Crippen LogP contribution in [0.15, 0.2) is 48.7 Å². The van der Waals surface area contributed by atoms with Crippen LogP contribution in [-0.2, 0) is 6.42 Å². The van der Waals surface area contributed by atoms with Crippen molar-refractivity contribution in [3.63, 3.8) is 0 Å². The second-order valence-corrected chi connectivity index (χ2v) is 8.17. The number of halogens is 2. The van der Waals surface area contributed by atoms with Gasteiger partial charge in [-0.25, -0.2) is 4.39 Å². The van der Waals surface area contributed by atoms with Crippen LogP contribution in [0.3, 0.4) is 0 Å². The molecule has 0 unspecified atom stereocenters. The van der Waals surface area contributed by atoms with Crippen molar-refractivity contribution >= 4 is 23.1 Å². The number of nitrogens with zero attached hydrogens (tertiary/aromatic N) is 2. The van der Waals surface area contributed by atoms with Crippen molar-refractivity contribution in [2.24, 2.45) is 0 Å². The number of allylic oxidation sites excluding steroid dienone is 1. The van der Waals surface area contributed by atoms with Crippen molar-refractivity contribution < 1.29 is 13.9 Å². The molecule has 0 aromatic heterocycles. The van der Waals surface area contributed by atoms with Crippen LogP contribution in [0.1, 0.15) is 35.2 Å². The maximum absolute atomic E-state index is 14.5. The van der Waals surface area contributed by atoms with E-state index in [1.54, 1.807) is 42.6 Å². The quantitative estimate of drug-likeness (QED) is 0.453. The molecule has 4 nitrogen and oxygen atoms in total. The average molecular weight is 429 g/mol. The molecule has 2 aliphatic heterocycles. The summed E-state index contributed by atoms with van der Waals surface area (Å²) >= 11 is 6.11. The molecule has 1 fully saturated rings. The predicted molar refractivity (Wildman–Crippen MR) is 118 cm³/mol. The standard InChI is InChI=1S/C24H26ClFN2O2/c25-20-7-3-2-6-19(20)23(29)9-13-28-12-8-18-16-21(26)24(17-22(18)28)30-15-14-27-10-4-1-5-11-27/h2-3,6-7,9,13,16-17H,1,4-5,8,10-12,14-15H2. The number of carbonyl (C=O) groups is 1. The van der Waals surface area contributed by atoms with Gasteiger partial charge in [0.15, 0.2) is 17.3 Å². The van der Waals surface area contributed by atoms with E-state index < -0.39 is 0 Å². The van der Waals surface area contributed by atoms with Crippen molar-refractivity contribution in [2.45, 2.75) is 25.7 Å². The molecule has 4 rings (SSSR count). The number of ketones is 1. The maximum atomic E-state index is 14.5. The minimum absolute atomic E-state index is 0.158. The van der Waals surface area contributed by atoms with Gasteiger partial charge in [0.05, 0.1) is 5.02 Å². The fourth-order valence-corrected chi connectivity index (χ4v) is 4.28. The molecule has 2 aliphatic rings. The molecule has 6 heteroatoms. The normalized spacial score (nSPS) is 16.8. The summed E-state index contributed by atoms with van der Waals surface area (Å²) in [5.41, 5.74) is 2.27. The summed E-state index contributed by atoms with van der Waals surface area (Å²) in [4.78, 5) is 16.8. The molecular formula is C24H26ClFN2O2. The Hall–Kier alpha value is -2.37. The second-order valence-electron chi connectivity index (χ2n) is 7.77. The molecule has 0 N–H and O–H groups in total. The highest BCUT2D eigenvalue weighted by atomic mass is 35.5. The first-order valence-corrected chi connectivity index (χ1v) is 10.9. The van der Waals surface area contributed by atoms with Gasteiger partial charge in [0.25, 0.3) is 0 Å². The summed E-state index contributed by atoms with van der Waals surface area (Å²) < 4.78 is 20.2. The Labute approximate surface area is 181 Å². The zero-order valence-corrected chi connectivity index (χ0v) is 17.7. The molecule has 0 aliphatic carbocycles. The van der Waals surface area contributed by atoms with E-state index in [2.05, 4.69) is 4.90 Å². The number of anilines is 1. The second kappa shape index (κ2) is 9.63. The number of hydrogen-bond donors (Lipinski definition) is 0. The highest BCUT2D eigenvalue weighted by Gasteiger charge is 2.21. The Morgan fingerprint density at radius 1 is 1.13 bits per heavy atom. The van der Waals surface area contributed by atoms with E-state index in [4.69, 9.17) is 16.3 Å². The number of hydrogen-bond acceptors (Lipinski definition) is 4. The summed E-state index contributed by atoms with van der Waals surface area (Å²) in [5.74, 6) is -0.219. The van der Waals surface area contributed by atoms with Gasteiger partial charge in [0.1, 0.15) is 6.61 Å². The van der Waals surface area contributed by atoms with Crippen molar-refractivity contribution in [1.29, 1.82) is 0 Å². The van der Waals surface area contributed by atoms with E-state index in [1.807, 2.05) is 4.90 Å². The van der Waals surface area contributed by atoms with Gasteiger partial charge < -0.3 is 9.64 Å². The third-order valence-corrected chi connectivity index (χ3v) is 6.05. The highest BCUT2D eigenvalue weighted by molar-refractivity contribution is 6.34. The molecule has 0 saturated carbocycles. The Kier molecular flexibility index (Phi) is 6.70. The fourth-order valence-electron chi connectivity index (χ4n) is 4.05. The molecule has 0 bridgehead atoms. The summed E-state index contributed by atoms with van der Waals surface area (Å²) in [5, 5.41) is 0.431. The van der Waals surface area contributed by atoms with Crippen LogP contribution in [0.25, 0.3) is 0 Å². The molecule has 0 radical (unpaired) electrons. The van der Waals surface area contributed by atoms with Gasteiger partial charge in [-0.05, 0) is 56.1 Å². The zero-order chi connectivity index (χ0) is 20.9. The first-order chi connectivity index (χ1) is 14.6. The molecule has 0 amide bonds. The van der Waals surface area contributed by atoms with E-state index in [0.717, 1.165) is 37.3 Å². The molecule has 2 aromatic carbocycles. The van der Waals surface area contributed by atoms with Crippen molar-refractivity contribution in [3.05, 3.63) is 70.6 Å². The summed E-state index contributed by atoms with van der Waals surface area (Å²) in [6, 6.07) is 10.3. The Balaban J connectivity index is 1.42. The number of ether oxygens (including phenoxy) is 1. The predicted octanol–water partition coefficient (Wildman–Crippen LogP) is 5.10. The number of piperidine rings is 1. The Morgan fingerprint density at radius 2 is 1.93 bits per heavy atom.